The number of hydrogen-bond donors (Lipinski definition) is 2. The molecule has 3 aromatic carbocycles. The highest BCUT2D eigenvalue weighted by atomic mass is 16.2. The predicted molar refractivity (Wildman–Crippen MR) is 114 cm³/mol. The van der Waals surface area contributed by atoms with E-state index in [-0.39, 0.29) is 11.8 Å². The fraction of sp³-hybridized carbons (Fsp3) is 0.167. The van der Waals surface area contributed by atoms with Crippen LogP contribution in [0.4, 0.5) is 11.4 Å². The fourth-order valence-electron chi connectivity index (χ4n) is 2.98. The van der Waals surface area contributed by atoms with Gasteiger partial charge in [-0.1, -0.05) is 48.5 Å². The highest BCUT2D eigenvalue weighted by molar-refractivity contribution is 6.05. The number of rotatable bonds is 7. The second-order valence-electron chi connectivity index (χ2n) is 6.73. The molecule has 0 aliphatic carbocycles. The van der Waals surface area contributed by atoms with E-state index in [1.165, 1.54) is 5.56 Å². The minimum absolute atomic E-state index is 0.00683. The first kappa shape index (κ1) is 19.4. The van der Waals surface area contributed by atoms with E-state index < -0.39 is 0 Å². The minimum Gasteiger partial charge on any atom is -0.326 e. The van der Waals surface area contributed by atoms with Crippen LogP contribution in [0.25, 0.3) is 0 Å². The minimum atomic E-state index is -0.143. The van der Waals surface area contributed by atoms with Crippen LogP contribution in [-0.4, -0.2) is 11.8 Å². The van der Waals surface area contributed by atoms with Gasteiger partial charge >= 0.3 is 0 Å². The molecule has 0 spiro atoms. The zero-order chi connectivity index (χ0) is 19.8. The summed E-state index contributed by atoms with van der Waals surface area (Å²) in [4.78, 5) is 24.5. The molecule has 2 N–H and O–H groups in total. The standard InChI is InChI=1S/C24H24N2O2/c1-18-8-5-6-12-22(18)24(28)26-21-16-14-20(15-17-21)25-23(27)13-7-11-19-9-3-2-4-10-19/h2-6,8-10,12,14-17H,7,11,13H2,1H3,(H,25,27)(H,26,28). The molecule has 142 valence electrons. The molecule has 4 heteroatoms. The number of carbonyl (C=O) groups is 2. The van der Waals surface area contributed by atoms with Gasteiger partial charge in [-0.2, -0.15) is 0 Å². The maximum atomic E-state index is 12.4. The third-order valence-electron chi connectivity index (χ3n) is 4.53. The van der Waals surface area contributed by atoms with Gasteiger partial charge in [0.2, 0.25) is 5.91 Å². The molecular formula is C24H24N2O2. The third-order valence-corrected chi connectivity index (χ3v) is 4.53. The Morgan fingerprint density at radius 1 is 0.750 bits per heavy atom. The summed E-state index contributed by atoms with van der Waals surface area (Å²) in [5.41, 5.74) is 4.23. The Bertz CT molecular complexity index is 934. The normalized spacial score (nSPS) is 10.3. The maximum Gasteiger partial charge on any atom is 0.255 e. The second-order valence-corrected chi connectivity index (χ2v) is 6.73. The zero-order valence-corrected chi connectivity index (χ0v) is 15.9. The molecule has 4 nitrogen and oxygen atoms in total. The summed E-state index contributed by atoms with van der Waals surface area (Å²) in [7, 11) is 0. The van der Waals surface area contributed by atoms with Gasteiger partial charge in [0.05, 0.1) is 0 Å². The zero-order valence-electron chi connectivity index (χ0n) is 15.9. The van der Waals surface area contributed by atoms with Crippen molar-refractivity contribution < 1.29 is 9.59 Å². The first-order valence-electron chi connectivity index (χ1n) is 9.42. The lowest BCUT2D eigenvalue weighted by atomic mass is 10.1. The quantitative estimate of drug-likeness (QED) is 0.598. The van der Waals surface area contributed by atoms with E-state index in [1.54, 1.807) is 30.3 Å². The summed E-state index contributed by atoms with van der Waals surface area (Å²) in [6, 6.07) is 24.8. The Hall–Kier alpha value is -3.40. The molecule has 0 atom stereocenters. The number of anilines is 2. The van der Waals surface area contributed by atoms with Crippen molar-refractivity contribution in [3.05, 3.63) is 95.6 Å². The summed E-state index contributed by atoms with van der Waals surface area (Å²) in [6.45, 7) is 1.91. The summed E-state index contributed by atoms with van der Waals surface area (Å²) in [5, 5.41) is 5.78. The Labute approximate surface area is 165 Å². The van der Waals surface area contributed by atoms with Gasteiger partial charge in [0, 0.05) is 23.4 Å². The van der Waals surface area contributed by atoms with E-state index in [1.807, 2.05) is 43.3 Å². The van der Waals surface area contributed by atoms with Crippen LogP contribution in [0.5, 0.6) is 0 Å². The number of amides is 2. The molecule has 3 rings (SSSR count). The van der Waals surface area contributed by atoms with Crippen molar-refractivity contribution in [3.8, 4) is 0 Å². The van der Waals surface area contributed by atoms with Crippen molar-refractivity contribution >= 4 is 23.2 Å². The molecule has 0 unspecified atom stereocenters. The van der Waals surface area contributed by atoms with Gasteiger partial charge in [-0.25, -0.2) is 0 Å². The Morgan fingerprint density at radius 2 is 1.36 bits per heavy atom. The van der Waals surface area contributed by atoms with Crippen molar-refractivity contribution in [2.75, 3.05) is 10.6 Å². The van der Waals surface area contributed by atoms with E-state index in [0.717, 1.165) is 24.1 Å². The van der Waals surface area contributed by atoms with E-state index in [0.29, 0.717) is 17.7 Å². The summed E-state index contributed by atoms with van der Waals surface area (Å²) >= 11 is 0. The molecule has 0 saturated heterocycles. The first-order valence-corrected chi connectivity index (χ1v) is 9.42. The van der Waals surface area contributed by atoms with Gasteiger partial charge in [0.25, 0.3) is 5.91 Å². The van der Waals surface area contributed by atoms with E-state index in [4.69, 9.17) is 0 Å². The van der Waals surface area contributed by atoms with Crippen molar-refractivity contribution in [1.82, 2.24) is 0 Å². The molecule has 0 radical (unpaired) electrons. The van der Waals surface area contributed by atoms with Crippen LogP contribution in [0.3, 0.4) is 0 Å². The Kier molecular flexibility index (Phi) is 6.58. The third kappa shape index (κ3) is 5.55. The highest BCUT2D eigenvalue weighted by Gasteiger charge is 2.09. The number of benzene rings is 3. The summed E-state index contributed by atoms with van der Waals surface area (Å²) in [6.07, 6.45) is 2.17. The molecule has 0 aliphatic heterocycles. The highest BCUT2D eigenvalue weighted by Crippen LogP contribution is 2.16. The fourth-order valence-corrected chi connectivity index (χ4v) is 2.98. The predicted octanol–water partition coefficient (Wildman–Crippen LogP) is 5.21. The van der Waals surface area contributed by atoms with Crippen LogP contribution in [0.2, 0.25) is 0 Å². The van der Waals surface area contributed by atoms with Gasteiger partial charge in [-0.3, -0.25) is 9.59 Å². The van der Waals surface area contributed by atoms with E-state index >= 15 is 0 Å². The van der Waals surface area contributed by atoms with Crippen LogP contribution in [0.15, 0.2) is 78.9 Å². The molecule has 3 aromatic rings. The van der Waals surface area contributed by atoms with Gasteiger partial charge < -0.3 is 10.6 Å². The molecule has 0 aromatic heterocycles. The van der Waals surface area contributed by atoms with Gasteiger partial charge in [0.15, 0.2) is 0 Å². The van der Waals surface area contributed by atoms with Crippen LogP contribution in [0, 0.1) is 6.92 Å². The molecule has 2 amide bonds. The molecule has 0 fully saturated rings. The lowest BCUT2D eigenvalue weighted by Crippen LogP contribution is -2.14. The monoisotopic (exact) mass is 372 g/mol. The first-order chi connectivity index (χ1) is 13.6. The largest absolute Gasteiger partial charge is 0.326 e. The lowest BCUT2D eigenvalue weighted by molar-refractivity contribution is -0.116. The van der Waals surface area contributed by atoms with Crippen LogP contribution in [0.1, 0.15) is 34.3 Å². The molecule has 0 saturated carbocycles. The number of nitrogens with one attached hydrogen (secondary N) is 2. The van der Waals surface area contributed by atoms with E-state index in [2.05, 4.69) is 22.8 Å². The maximum absolute atomic E-state index is 12.4. The van der Waals surface area contributed by atoms with Crippen LogP contribution in [-0.2, 0) is 11.2 Å². The molecular weight excluding hydrogens is 348 g/mol. The molecule has 28 heavy (non-hydrogen) atoms. The molecule has 0 heterocycles. The number of aryl methyl sites for hydroxylation is 2. The van der Waals surface area contributed by atoms with Crippen molar-refractivity contribution in [2.24, 2.45) is 0 Å². The average Bonchev–Trinajstić information content (AvgIpc) is 2.70. The van der Waals surface area contributed by atoms with Gasteiger partial charge in [0.1, 0.15) is 0 Å². The van der Waals surface area contributed by atoms with Crippen molar-refractivity contribution in [3.63, 3.8) is 0 Å². The Balaban J connectivity index is 1.48. The second kappa shape index (κ2) is 9.51. The SMILES string of the molecule is Cc1ccccc1C(=O)Nc1ccc(NC(=O)CCCc2ccccc2)cc1. The molecule has 0 aliphatic rings. The van der Waals surface area contributed by atoms with Gasteiger partial charge in [-0.15, -0.1) is 0 Å². The van der Waals surface area contributed by atoms with Crippen LogP contribution >= 0.6 is 0 Å². The Morgan fingerprint density at radius 3 is 2.04 bits per heavy atom. The smallest absolute Gasteiger partial charge is 0.255 e. The summed E-state index contributed by atoms with van der Waals surface area (Å²) in [5.74, 6) is -0.150. The van der Waals surface area contributed by atoms with E-state index in [9.17, 15) is 9.59 Å². The van der Waals surface area contributed by atoms with Crippen molar-refractivity contribution in [1.29, 1.82) is 0 Å². The summed E-state index contributed by atoms with van der Waals surface area (Å²) < 4.78 is 0. The topological polar surface area (TPSA) is 58.2 Å². The number of hydrogen-bond acceptors (Lipinski definition) is 2. The molecule has 0 bridgehead atoms. The van der Waals surface area contributed by atoms with Crippen LogP contribution < -0.4 is 10.6 Å². The average molecular weight is 372 g/mol. The van der Waals surface area contributed by atoms with Gasteiger partial charge in [-0.05, 0) is 61.2 Å². The van der Waals surface area contributed by atoms with Crippen molar-refractivity contribution in [2.45, 2.75) is 26.2 Å². The lowest BCUT2D eigenvalue weighted by Gasteiger charge is -2.09. The number of carbonyl (C=O) groups excluding carboxylic acids is 2.